The second-order valence-electron chi connectivity index (χ2n) is 4.70. The molecule has 0 atom stereocenters. The molecule has 1 N–H and O–H groups in total. The lowest BCUT2D eigenvalue weighted by atomic mass is 10.2. The Labute approximate surface area is 124 Å². The highest BCUT2D eigenvalue weighted by Crippen LogP contribution is 2.39. The number of rotatable bonds is 5. The van der Waals surface area contributed by atoms with Crippen LogP contribution in [-0.4, -0.2) is 28.5 Å². The molecule has 5 nitrogen and oxygen atoms in total. The van der Waals surface area contributed by atoms with Crippen molar-refractivity contribution in [3.05, 3.63) is 23.0 Å². The molecule has 21 heavy (non-hydrogen) atoms. The number of hydrogen-bond acceptors (Lipinski definition) is 4. The minimum atomic E-state index is -2.90. The van der Waals surface area contributed by atoms with Crippen LogP contribution in [-0.2, 0) is 0 Å². The van der Waals surface area contributed by atoms with Crippen molar-refractivity contribution in [3.8, 4) is 22.9 Å². The molecule has 1 fully saturated rings. The Morgan fingerprint density at radius 2 is 2.14 bits per heavy atom. The van der Waals surface area contributed by atoms with Gasteiger partial charge in [-0.15, -0.1) is 0 Å². The molecule has 0 saturated heterocycles. The zero-order chi connectivity index (χ0) is 15.0. The molecule has 3 rings (SSSR count). The first-order valence-corrected chi connectivity index (χ1v) is 6.81. The summed E-state index contributed by atoms with van der Waals surface area (Å²) < 4.78 is 36.7. The largest absolute Gasteiger partial charge is 0.493 e. The first-order valence-electron chi connectivity index (χ1n) is 6.40. The van der Waals surface area contributed by atoms with E-state index < -0.39 is 6.61 Å². The van der Waals surface area contributed by atoms with E-state index in [1.807, 2.05) is 4.57 Å². The molecule has 1 aromatic heterocycles. The third-order valence-electron chi connectivity index (χ3n) is 3.25. The quantitative estimate of drug-likeness (QED) is 0.858. The molecule has 8 heteroatoms. The van der Waals surface area contributed by atoms with Crippen molar-refractivity contribution in [2.75, 3.05) is 7.11 Å². The van der Waals surface area contributed by atoms with E-state index in [9.17, 15) is 8.78 Å². The number of H-pyrrole nitrogens is 1. The van der Waals surface area contributed by atoms with Crippen LogP contribution in [0.5, 0.6) is 11.5 Å². The van der Waals surface area contributed by atoms with Gasteiger partial charge in [-0.25, -0.2) is 0 Å². The van der Waals surface area contributed by atoms with Crippen LogP contribution in [0.15, 0.2) is 18.2 Å². The average Bonchev–Trinajstić information content (AvgIpc) is 3.21. The predicted octanol–water partition coefficient (Wildman–Crippen LogP) is 3.55. The number of hydrogen-bond donors (Lipinski definition) is 1. The number of alkyl halides is 2. The summed E-state index contributed by atoms with van der Waals surface area (Å²) in [6, 6.07) is 5.06. The van der Waals surface area contributed by atoms with E-state index in [0.717, 1.165) is 18.4 Å². The van der Waals surface area contributed by atoms with Crippen LogP contribution in [0.3, 0.4) is 0 Å². The number of benzene rings is 1. The van der Waals surface area contributed by atoms with E-state index in [0.29, 0.717) is 16.6 Å². The molecule has 0 aliphatic heterocycles. The highest BCUT2D eigenvalue weighted by Gasteiger charge is 2.28. The predicted molar refractivity (Wildman–Crippen MR) is 74.3 cm³/mol. The van der Waals surface area contributed by atoms with Crippen molar-refractivity contribution in [2.24, 2.45) is 0 Å². The number of halogens is 2. The summed E-state index contributed by atoms with van der Waals surface area (Å²) >= 11 is 5.22. The molecule has 1 aliphatic rings. The summed E-state index contributed by atoms with van der Waals surface area (Å²) in [6.07, 6.45) is 2.12. The van der Waals surface area contributed by atoms with E-state index in [1.165, 1.54) is 13.2 Å². The number of methoxy groups -OCH3 is 1. The summed E-state index contributed by atoms with van der Waals surface area (Å²) in [5, 5.41) is 6.98. The average molecular weight is 313 g/mol. The van der Waals surface area contributed by atoms with Crippen LogP contribution in [0.1, 0.15) is 18.9 Å². The maximum Gasteiger partial charge on any atom is 0.387 e. The van der Waals surface area contributed by atoms with Gasteiger partial charge < -0.3 is 9.47 Å². The van der Waals surface area contributed by atoms with Gasteiger partial charge in [-0.05, 0) is 43.3 Å². The molecule has 2 aromatic rings. The SMILES string of the molecule is COc1cc(-c2n[nH]c(=S)n2C2CC2)ccc1OC(F)F. The topological polar surface area (TPSA) is 52.1 Å². The van der Waals surface area contributed by atoms with E-state index in [2.05, 4.69) is 14.9 Å². The fourth-order valence-electron chi connectivity index (χ4n) is 2.18. The summed E-state index contributed by atoms with van der Waals surface area (Å²) in [5.74, 6) is 0.886. The van der Waals surface area contributed by atoms with Gasteiger partial charge in [0.05, 0.1) is 7.11 Å². The van der Waals surface area contributed by atoms with Gasteiger partial charge >= 0.3 is 6.61 Å². The number of nitrogens with one attached hydrogen (secondary N) is 1. The van der Waals surface area contributed by atoms with Gasteiger partial charge in [0.2, 0.25) is 0 Å². The molecule has 0 radical (unpaired) electrons. The summed E-state index contributed by atoms with van der Waals surface area (Å²) in [6.45, 7) is -2.90. The third kappa shape index (κ3) is 2.76. The molecule has 0 spiro atoms. The fraction of sp³-hybridized carbons (Fsp3) is 0.385. The molecule has 0 unspecified atom stereocenters. The minimum absolute atomic E-state index is 0.0108. The van der Waals surface area contributed by atoms with E-state index >= 15 is 0 Å². The monoisotopic (exact) mass is 313 g/mol. The van der Waals surface area contributed by atoms with E-state index in [4.69, 9.17) is 17.0 Å². The smallest absolute Gasteiger partial charge is 0.387 e. The van der Waals surface area contributed by atoms with Crippen LogP contribution < -0.4 is 9.47 Å². The van der Waals surface area contributed by atoms with Crippen molar-refractivity contribution in [2.45, 2.75) is 25.5 Å². The highest BCUT2D eigenvalue weighted by molar-refractivity contribution is 7.71. The summed E-state index contributed by atoms with van der Waals surface area (Å²) in [7, 11) is 1.40. The molecule has 112 valence electrons. The van der Waals surface area contributed by atoms with Gasteiger partial charge in [0.25, 0.3) is 0 Å². The van der Waals surface area contributed by atoms with Gasteiger partial charge in [-0.2, -0.15) is 13.9 Å². The van der Waals surface area contributed by atoms with Gasteiger partial charge in [0, 0.05) is 11.6 Å². The molecule has 1 aliphatic carbocycles. The van der Waals surface area contributed by atoms with Gasteiger partial charge in [0.1, 0.15) is 0 Å². The number of nitrogens with zero attached hydrogens (tertiary/aromatic N) is 2. The molecule has 0 amide bonds. The molecule has 1 saturated carbocycles. The zero-order valence-corrected chi connectivity index (χ0v) is 12.0. The lowest BCUT2D eigenvalue weighted by molar-refractivity contribution is -0.0512. The molecule has 1 aromatic carbocycles. The van der Waals surface area contributed by atoms with Crippen LogP contribution in [0.2, 0.25) is 0 Å². The fourth-order valence-corrected chi connectivity index (χ4v) is 2.46. The number of aromatic nitrogens is 3. The van der Waals surface area contributed by atoms with E-state index in [-0.39, 0.29) is 11.5 Å². The Morgan fingerprint density at radius 3 is 2.76 bits per heavy atom. The van der Waals surface area contributed by atoms with Crippen molar-refractivity contribution < 1.29 is 18.3 Å². The first-order chi connectivity index (χ1) is 10.1. The Kier molecular flexibility index (Phi) is 3.62. The number of aromatic amines is 1. The standard InChI is InChI=1S/C13H13F2N3O2S/c1-19-10-6-7(2-5-9(10)20-12(14)15)11-16-17-13(21)18(11)8-3-4-8/h2,5-6,8,12H,3-4H2,1H3,(H,17,21). The van der Waals surface area contributed by atoms with Gasteiger partial charge in [-0.1, -0.05) is 0 Å². The zero-order valence-electron chi connectivity index (χ0n) is 11.2. The maximum absolute atomic E-state index is 12.3. The minimum Gasteiger partial charge on any atom is -0.493 e. The Morgan fingerprint density at radius 1 is 1.38 bits per heavy atom. The summed E-state index contributed by atoms with van der Waals surface area (Å²) in [5.41, 5.74) is 0.729. The Balaban J connectivity index is 2.01. The lowest BCUT2D eigenvalue weighted by Gasteiger charge is -2.11. The molecular formula is C13H13F2N3O2S. The first kappa shape index (κ1) is 14.0. The lowest BCUT2D eigenvalue weighted by Crippen LogP contribution is -2.04. The summed E-state index contributed by atoms with van der Waals surface area (Å²) in [4.78, 5) is 0. The highest BCUT2D eigenvalue weighted by atomic mass is 32.1. The third-order valence-corrected chi connectivity index (χ3v) is 3.54. The van der Waals surface area contributed by atoms with Crippen molar-refractivity contribution in [1.82, 2.24) is 14.8 Å². The van der Waals surface area contributed by atoms with Crippen LogP contribution in [0.25, 0.3) is 11.4 Å². The molecular weight excluding hydrogens is 300 g/mol. The maximum atomic E-state index is 12.3. The molecule has 1 heterocycles. The Hall–Kier alpha value is -1.96. The normalized spacial score (nSPS) is 14.5. The van der Waals surface area contributed by atoms with Crippen molar-refractivity contribution in [3.63, 3.8) is 0 Å². The van der Waals surface area contributed by atoms with Crippen LogP contribution in [0, 0.1) is 4.77 Å². The van der Waals surface area contributed by atoms with Gasteiger partial charge in [0.15, 0.2) is 22.1 Å². The van der Waals surface area contributed by atoms with Gasteiger partial charge in [-0.3, -0.25) is 9.67 Å². The van der Waals surface area contributed by atoms with Crippen molar-refractivity contribution in [1.29, 1.82) is 0 Å². The van der Waals surface area contributed by atoms with Crippen LogP contribution >= 0.6 is 12.2 Å². The Bertz CT molecular complexity index is 710. The van der Waals surface area contributed by atoms with Crippen molar-refractivity contribution >= 4 is 12.2 Å². The second-order valence-corrected chi connectivity index (χ2v) is 5.08. The van der Waals surface area contributed by atoms with E-state index in [1.54, 1.807) is 12.1 Å². The van der Waals surface area contributed by atoms with Crippen LogP contribution in [0.4, 0.5) is 8.78 Å². The molecule has 0 bridgehead atoms. The second kappa shape index (κ2) is 5.44. The number of ether oxygens (including phenoxy) is 2.